The van der Waals surface area contributed by atoms with Crippen LogP contribution in [0, 0.1) is 0 Å². The maximum absolute atomic E-state index is 11.0. The minimum atomic E-state index is -0.526. The van der Waals surface area contributed by atoms with Gasteiger partial charge in [-0.2, -0.15) is 0 Å². The third-order valence-corrected chi connectivity index (χ3v) is 2.25. The van der Waals surface area contributed by atoms with Crippen LogP contribution in [-0.4, -0.2) is 18.4 Å². The molecule has 90 valence electrons. The van der Waals surface area contributed by atoms with Crippen molar-refractivity contribution in [1.82, 2.24) is 0 Å². The predicted molar refractivity (Wildman–Crippen MR) is 60.9 cm³/mol. The molecule has 1 saturated carbocycles. The van der Waals surface area contributed by atoms with Gasteiger partial charge in [0, 0.05) is 0 Å². The number of hydrogen-bond acceptors (Lipinski definition) is 3. The maximum Gasteiger partial charge on any atom is 0.508 e. The first-order chi connectivity index (χ1) is 7.08. The molecule has 0 atom stereocenters. The van der Waals surface area contributed by atoms with Gasteiger partial charge < -0.3 is 9.47 Å². The van der Waals surface area contributed by atoms with Crippen molar-refractivity contribution in [2.45, 2.75) is 65.4 Å². The zero-order chi connectivity index (χ0) is 11.7. The van der Waals surface area contributed by atoms with Crippen molar-refractivity contribution in [3.05, 3.63) is 0 Å². The monoisotopic (exact) mass is 216 g/mol. The number of carbonyl (C=O) groups is 1. The topological polar surface area (TPSA) is 35.5 Å². The van der Waals surface area contributed by atoms with E-state index in [-0.39, 0.29) is 5.60 Å². The Morgan fingerprint density at radius 1 is 1.20 bits per heavy atom. The van der Waals surface area contributed by atoms with E-state index in [2.05, 4.69) is 13.8 Å². The van der Waals surface area contributed by atoms with Crippen molar-refractivity contribution in [1.29, 1.82) is 0 Å². The lowest BCUT2D eigenvalue weighted by Crippen LogP contribution is -2.28. The standard InChI is InChI=1S/C9H16O3.C3H8/c1-3-11-8(10)12-9(2)6-4-5-7-9;1-3-2/h3-7H2,1-2H3;3H2,1-2H3. The van der Waals surface area contributed by atoms with E-state index in [4.69, 9.17) is 9.47 Å². The van der Waals surface area contributed by atoms with Crippen molar-refractivity contribution in [3.8, 4) is 0 Å². The molecule has 0 aromatic carbocycles. The fraction of sp³-hybridized carbons (Fsp3) is 0.917. The summed E-state index contributed by atoms with van der Waals surface area (Å²) in [4.78, 5) is 11.0. The molecule has 1 rings (SSSR count). The zero-order valence-electron chi connectivity index (χ0n) is 10.5. The number of rotatable bonds is 2. The highest BCUT2D eigenvalue weighted by Gasteiger charge is 2.32. The van der Waals surface area contributed by atoms with Crippen LogP contribution in [-0.2, 0) is 9.47 Å². The summed E-state index contributed by atoms with van der Waals surface area (Å²) in [6.45, 7) is 8.38. The fourth-order valence-electron chi connectivity index (χ4n) is 1.57. The lowest BCUT2D eigenvalue weighted by Gasteiger charge is -2.22. The highest BCUT2D eigenvalue weighted by molar-refractivity contribution is 5.60. The van der Waals surface area contributed by atoms with Crippen molar-refractivity contribution < 1.29 is 14.3 Å². The van der Waals surface area contributed by atoms with Crippen molar-refractivity contribution in [2.75, 3.05) is 6.61 Å². The van der Waals surface area contributed by atoms with Crippen LogP contribution < -0.4 is 0 Å². The Hall–Kier alpha value is -0.730. The molecular weight excluding hydrogens is 192 g/mol. The Balaban J connectivity index is 0.000000583. The molecule has 0 saturated heterocycles. The molecule has 0 aromatic rings. The van der Waals surface area contributed by atoms with Gasteiger partial charge in [0.2, 0.25) is 0 Å². The summed E-state index contributed by atoms with van der Waals surface area (Å²) >= 11 is 0. The molecule has 0 aliphatic heterocycles. The largest absolute Gasteiger partial charge is 0.508 e. The summed E-state index contributed by atoms with van der Waals surface area (Å²) in [5.41, 5.74) is -0.258. The van der Waals surface area contributed by atoms with Gasteiger partial charge in [-0.1, -0.05) is 20.3 Å². The number of hydrogen-bond donors (Lipinski definition) is 0. The van der Waals surface area contributed by atoms with Gasteiger partial charge in [-0.05, 0) is 39.5 Å². The minimum absolute atomic E-state index is 0.258. The molecule has 0 bridgehead atoms. The highest BCUT2D eigenvalue weighted by atomic mass is 16.7. The Bertz CT molecular complexity index is 172. The SMILES string of the molecule is CCC.CCOC(=O)OC1(C)CCCC1. The maximum atomic E-state index is 11.0. The van der Waals surface area contributed by atoms with E-state index in [1.807, 2.05) is 6.92 Å². The zero-order valence-corrected chi connectivity index (χ0v) is 10.5. The van der Waals surface area contributed by atoms with Gasteiger partial charge in [-0.3, -0.25) is 0 Å². The summed E-state index contributed by atoms with van der Waals surface area (Å²) in [7, 11) is 0. The quantitative estimate of drug-likeness (QED) is 0.656. The van der Waals surface area contributed by atoms with Gasteiger partial charge in [0.25, 0.3) is 0 Å². The van der Waals surface area contributed by atoms with Gasteiger partial charge in [-0.15, -0.1) is 0 Å². The molecule has 3 nitrogen and oxygen atoms in total. The molecule has 1 fully saturated rings. The van der Waals surface area contributed by atoms with E-state index < -0.39 is 6.16 Å². The van der Waals surface area contributed by atoms with Crippen LogP contribution in [0.2, 0.25) is 0 Å². The normalized spacial score (nSPS) is 17.6. The van der Waals surface area contributed by atoms with E-state index in [1.54, 1.807) is 6.92 Å². The van der Waals surface area contributed by atoms with Gasteiger partial charge in [-0.25, -0.2) is 4.79 Å². The molecule has 15 heavy (non-hydrogen) atoms. The minimum Gasteiger partial charge on any atom is -0.435 e. The van der Waals surface area contributed by atoms with E-state index >= 15 is 0 Å². The highest BCUT2D eigenvalue weighted by Crippen LogP contribution is 2.32. The third kappa shape index (κ3) is 6.37. The lowest BCUT2D eigenvalue weighted by atomic mass is 10.1. The van der Waals surface area contributed by atoms with Crippen molar-refractivity contribution >= 4 is 6.16 Å². The molecule has 3 heteroatoms. The third-order valence-electron chi connectivity index (χ3n) is 2.25. The van der Waals surface area contributed by atoms with Crippen molar-refractivity contribution in [3.63, 3.8) is 0 Å². The van der Waals surface area contributed by atoms with Crippen LogP contribution in [0.3, 0.4) is 0 Å². The van der Waals surface area contributed by atoms with Crippen LogP contribution in [0.25, 0.3) is 0 Å². The molecule has 1 aliphatic rings. The first-order valence-electron chi connectivity index (χ1n) is 5.93. The molecule has 0 N–H and O–H groups in total. The molecule has 0 radical (unpaired) electrons. The van der Waals surface area contributed by atoms with Gasteiger partial charge in [0.05, 0.1) is 6.61 Å². The van der Waals surface area contributed by atoms with E-state index in [1.165, 1.54) is 6.42 Å². The molecule has 0 heterocycles. The Kier molecular flexibility index (Phi) is 7.18. The second kappa shape index (κ2) is 7.55. The predicted octanol–water partition coefficient (Wildman–Crippen LogP) is 3.91. The van der Waals surface area contributed by atoms with Crippen LogP contribution in [0.15, 0.2) is 0 Å². The van der Waals surface area contributed by atoms with Crippen molar-refractivity contribution in [2.24, 2.45) is 0 Å². The average Bonchev–Trinajstić information content (AvgIpc) is 2.53. The Labute approximate surface area is 93.1 Å². The Morgan fingerprint density at radius 2 is 1.67 bits per heavy atom. The summed E-state index contributed by atoms with van der Waals surface area (Å²) in [6, 6.07) is 0. The molecule has 0 unspecified atom stereocenters. The van der Waals surface area contributed by atoms with Crippen LogP contribution >= 0.6 is 0 Å². The van der Waals surface area contributed by atoms with E-state index in [9.17, 15) is 4.79 Å². The summed E-state index contributed by atoms with van der Waals surface area (Å²) in [5.74, 6) is 0. The molecule has 1 aliphatic carbocycles. The molecule has 0 amide bonds. The first-order valence-corrected chi connectivity index (χ1v) is 5.93. The smallest absolute Gasteiger partial charge is 0.435 e. The molecule has 0 spiro atoms. The number of carbonyl (C=O) groups excluding carboxylic acids is 1. The van der Waals surface area contributed by atoms with E-state index in [0.717, 1.165) is 25.7 Å². The molecular formula is C12H24O3. The summed E-state index contributed by atoms with van der Waals surface area (Å²) in [5, 5.41) is 0. The first kappa shape index (κ1) is 14.3. The second-order valence-corrected chi connectivity index (χ2v) is 4.15. The fourth-order valence-corrected chi connectivity index (χ4v) is 1.57. The lowest BCUT2D eigenvalue weighted by molar-refractivity contribution is -0.0202. The summed E-state index contributed by atoms with van der Waals surface area (Å²) in [6.07, 6.45) is 4.95. The average molecular weight is 216 g/mol. The van der Waals surface area contributed by atoms with Crippen LogP contribution in [0.4, 0.5) is 4.79 Å². The van der Waals surface area contributed by atoms with Crippen LogP contribution in [0.5, 0.6) is 0 Å². The number of ether oxygens (including phenoxy) is 2. The van der Waals surface area contributed by atoms with Crippen LogP contribution in [0.1, 0.15) is 59.8 Å². The Morgan fingerprint density at radius 3 is 2.07 bits per heavy atom. The summed E-state index contributed by atoms with van der Waals surface area (Å²) < 4.78 is 9.89. The van der Waals surface area contributed by atoms with Gasteiger partial charge in [0.15, 0.2) is 0 Å². The molecule has 0 aromatic heterocycles. The van der Waals surface area contributed by atoms with Gasteiger partial charge >= 0.3 is 6.16 Å². The van der Waals surface area contributed by atoms with E-state index in [0.29, 0.717) is 6.61 Å². The second-order valence-electron chi connectivity index (χ2n) is 4.15. The van der Waals surface area contributed by atoms with Gasteiger partial charge in [0.1, 0.15) is 5.60 Å².